The molecule has 0 saturated carbocycles. The summed E-state index contributed by atoms with van der Waals surface area (Å²) < 4.78 is 27.5. The van der Waals surface area contributed by atoms with Crippen molar-refractivity contribution in [1.29, 1.82) is 0 Å². The molecule has 2 N–H and O–H groups in total. The Morgan fingerprint density at radius 1 is 1.38 bits per heavy atom. The standard InChI is InChI=1S/C11H9Cl2N3O4S/c12-7-1-2-10(9(13)3-7)15-21(19,20)8-4-14-16(5-8)6-11(17)18/h1-5,15H,6H2,(H,17,18). The molecular weight excluding hydrogens is 341 g/mol. The lowest BCUT2D eigenvalue weighted by Gasteiger charge is -2.08. The molecule has 10 heteroatoms. The minimum Gasteiger partial charge on any atom is -0.480 e. The van der Waals surface area contributed by atoms with Crippen molar-refractivity contribution in [3.05, 3.63) is 40.6 Å². The van der Waals surface area contributed by atoms with Crippen molar-refractivity contribution in [2.45, 2.75) is 11.4 Å². The zero-order valence-electron chi connectivity index (χ0n) is 10.3. The quantitative estimate of drug-likeness (QED) is 0.860. The highest BCUT2D eigenvalue weighted by Crippen LogP contribution is 2.27. The van der Waals surface area contributed by atoms with Crippen LogP contribution in [0.4, 0.5) is 5.69 Å². The number of sulfonamides is 1. The van der Waals surface area contributed by atoms with Gasteiger partial charge in [0.1, 0.15) is 11.4 Å². The third-order valence-corrected chi connectivity index (χ3v) is 4.26. The molecule has 1 heterocycles. The fraction of sp³-hybridized carbons (Fsp3) is 0.0909. The van der Waals surface area contributed by atoms with Crippen molar-refractivity contribution in [2.75, 3.05) is 4.72 Å². The van der Waals surface area contributed by atoms with Crippen molar-refractivity contribution in [3.63, 3.8) is 0 Å². The van der Waals surface area contributed by atoms with Gasteiger partial charge in [-0.1, -0.05) is 23.2 Å². The fourth-order valence-corrected chi connectivity index (χ4v) is 3.03. The summed E-state index contributed by atoms with van der Waals surface area (Å²) in [4.78, 5) is 10.4. The monoisotopic (exact) mass is 349 g/mol. The number of nitrogens with one attached hydrogen (secondary N) is 1. The largest absolute Gasteiger partial charge is 0.480 e. The Labute approximate surface area is 130 Å². The van der Waals surface area contributed by atoms with Gasteiger partial charge in [0.15, 0.2) is 0 Å². The van der Waals surface area contributed by atoms with Crippen LogP contribution in [-0.4, -0.2) is 29.3 Å². The van der Waals surface area contributed by atoms with Crippen molar-refractivity contribution in [2.24, 2.45) is 0 Å². The maximum Gasteiger partial charge on any atom is 0.325 e. The van der Waals surface area contributed by atoms with E-state index in [9.17, 15) is 13.2 Å². The molecule has 21 heavy (non-hydrogen) atoms. The molecule has 0 aliphatic heterocycles. The Hall–Kier alpha value is -1.77. The van der Waals surface area contributed by atoms with Crippen molar-refractivity contribution < 1.29 is 18.3 Å². The minimum atomic E-state index is -3.92. The lowest BCUT2D eigenvalue weighted by atomic mass is 10.3. The van der Waals surface area contributed by atoms with Gasteiger partial charge in [0.05, 0.1) is 16.9 Å². The second-order valence-corrected chi connectivity index (χ2v) is 6.52. The maximum atomic E-state index is 12.1. The van der Waals surface area contributed by atoms with Crippen LogP contribution in [0.2, 0.25) is 10.0 Å². The number of anilines is 1. The van der Waals surface area contributed by atoms with Crippen LogP contribution in [0.1, 0.15) is 0 Å². The number of carboxylic acid groups (broad SMARTS) is 1. The first-order valence-electron chi connectivity index (χ1n) is 5.50. The summed E-state index contributed by atoms with van der Waals surface area (Å²) in [6.45, 7) is -0.433. The summed E-state index contributed by atoms with van der Waals surface area (Å²) >= 11 is 11.6. The summed E-state index contributed by atoms with van der Waals surface area (Å²) in [6, 6.07) is 4.30. The van der Waals surface area contributed by atoms with Crippen LogP contribution in [0.25, 0.3) is 0 Å². The predicted molar refractivity (Wildman–Crippen MR) is 77.1 cm³/mol. The predicted octanol–water partition coefficient (Wildman–Crippen LogP) is 2.08. The van der Waals surface area contributed by atoms with Gasteiger partial charge in [-0.2, -0.15) is 5.10 Å². The Balaban J connectivity index is 2.25. The first-order chi connectivity index (χ1) is 9.78. The van der Waals surface area contributed by atoms with Crippen LogP contribution in [0.15, 0.2) is 35.5 Å². The number of nitrogens with zero attached hydrogens (tertiary/aromatic N) is 2. The summed E-state index contributed by atoms with van der Waals surface area (Å²) in [5.74, 6) is -1.13. The Kier molecular flexibility index (Phi) is 4.40. The number of aliphatic carboxylic acids is 1. The smallest absolute Gasteiger partial charge is 0.325 e. The SMILES string of the molecule is O=C(O)Cn1cc(S(=O)(=O)Nc2ccc(Cl)cc2Cl)cn1. The second kappa shape index (κ2) is 5.92. The Morgan fingerprint density at radius 2 is 2.10 bits per heavy atom. The molecule has 0 amide bonds. The van der Waals surface area contributed by atoms with E-state index >= 15 is 0 Å². The van der Waals surface area contributed by atoms with Gasteiger partial charge in [-0.25, -0.2) is 8.42 Å². The highest BCUT2D eigenvalue weighted by molar-refractivity contribution is 7.92. The number of benzene rings is 1. The zero-order chi connectivity index (χ0) is 15.6. The molecule has 2 aromatic rings. The summed E-state index contributed by atoms with van der Waals surface area (Å²) in [7, 11) is -3.92. The van der Waals surface area contributed by atoms with Gasteiger partial charge in [-0.05, 0) is 18.2 Å². The van der Waals surface area contributed by atoms with Crippen LogP contribution in [0.3, 0.4) is 0 Å². The van der Waals surface area contributed by atoms with E-state index in [0.717, 1.165) is 17.1 Å². The van der Waals surface area contributed by atoms with Crippen LogP contribution < -0.4 is 4.72 Å². The highest BCUT2D eigenvalue weighted by atomic mass is 35.5. The maximum absolute atomic E-state index is 12.1. The molecule has 1 aromatic carbocycles. The van der Waals surface area contributed by atoms with Gasteiger partial charge in [0.2, 0.25) is 0 Å². The van der Waals surface area contributed by atoms with E-state index in [2.05, 4.69) is 9.82 Å². The van der Waals surface area contributed by atoms with E-state index in [1.54, 1.807) is 0 Å². The lowest BCUT2D eigenvalue weighted by molar-refractivity contribution is -0.137. The molecule has 0 aliphatic rings. The molecule has 0 saturated heterocycles. The molecule has 1 aromatic heterocycles. The molecule has 0 bridgehead atoms. The molecule has 0 spiro atoms. The van der Waals surface area contributed by atoms with E-state index in [1.165, 1.54) is 18.2 Å². The zero-order valence-corrected chi connectivity index (χ0v) is 12.7. The first kappa shape index (κ1) is 15.6. The number of rotatable bonds is 5. The number of hydrogen-bond donors (Lipinski definition) is 2. The number of aromatic nitrogens is 2. The van der Waals surface area contributed by atoms with Gasteiger partial charge in [-0.15, -0.1) is 0 Å². The van der Waals surface area contributed by atoms with Gasteiger partial charge in [-0.3, -0.25) is 14.2 Å². The Morgan fingerprint density at radius 3 is 2.71 bits per heavy atom. The van der Waals surface area contributed by atoms with E-state index in [-0.39, 0.29) is 15.6 Å². The average Bonchev–Trinajstić information content (AvgIpc) is 2.81. The third-order valence-electron chi connectivity index (χ3n) is 2.39. The fourth-order valence-electron chi connectivity index (χ4n) is 1.48. The lowest BCUT2D eigenvalue weighted by Crippen LogP contribution is -2.13. The molecule has 2 rings (SSSR count). The average molecular weight is 350 g/mol. The number of carboxylic acids is 1. The molecule has 0 unspecified atom stereocenters. The summed E-state index contributed by atoms with van der Waals surface area (Å²) in [6.07, 6.45) is 2.16. The van der Waals surface area contributed by atoms with Crippen LogP contribution in [-0.2, 0) is 21.4 Å². The second-order valence-electron chi connectivity index (χ2n) is 4.00. The first-order valence-corrected chi connectivity index (χ1v) is 7.74. The van der Waals surface area contributed by atoms with Crippen LogP contribution in [0, 0.1) is 0 Å². The van der Waals surface area contributed by atoms with Gasteiger partial charge >= 0.3 is 5.97 Å². The van der Waals surface area contributed by atoms with Crippen LogP contribution in [0.5, 0.6) is 0 Å². The molecule has 0 atom stereocenters. The van der Waals surface area contributed by atoms with Gasteiger partial charge < -0.3 is 5.11 Å². The molecular formula is C11H9Cl2N3O4S. The number of hydrogen-bond acceptors (Lipinski definition) is 4. The number of halogens is 2. The van der Waals surface area contributed by atoms with Crippen molar-refractivity contribution in [1.82, 2.24) is 9.78 Å². The van der Waals surface area contributed by atoms with Crippen molar-refractivity contribution in [3.8, 4) is 0 Å². The Bertz CT molecular complexity index is 789. The summed E-state index contributed by atoms with van der Waals surface area (Å²) in [5, 5.41) is 12.8. The van der Waals surface area contributed by atoms with E-state index in [0.29, 0.717) is 5.02 Å². The molecule has 7 nitrogen and oxygen atoms in total. The van der Waals surface area contributed by atoms with Crippen LogP contribution >= 0.6 is 23.2 Å². The normalized spacial score (nSPS) is 11.3. The molecule has 0 radical (unpaired) electrons. The van der Waals surface area contributed by atoms with E-state index in [1.807, 2.05) is 0 Å². The van der Waals surface area contributed by atoms with E-state index < -0.39 is 22.5 Å². The number of carbonyl (C=O) groups is 1. The molecule has 112 valence electrons. The minimum absolute atomic E-state index is 0.143. The van der Waals surface area contributed by atoms with Gasteiger partial charge in [0, 0.05) is 11.2 Å². The van der Waals surface area contributed by atoms with Gasteiger partial charge in [0.25, 0.3) is 10.0 Å². The molecule has 0 fully saturated rings. The van der Waals surface area contributed by atoms with Crippen molar-refractivity contribution >= 4 is 44.9 Å². The highest BCUT2D eigenvalue weighted by Gasteiger charge is 2.18. The molecule has 0 aliphatic carbocycles. The van der Waals surface area contributed by atoms with E-state index in [4.69, 9.17) is 28.3 Å². The third kappa shape index (κ3) is 3.87. The summed E-state index contributed by atoms with van der Waals surface area (Å²) in [5.41, 5.74) is 0.159. The topological polar surface area (TPSA) is 101 Å².